The predicted octanol–water partition coefficient (Wildman–Crippen LogP) is 4.22. The Labute approximate surface area is 127 Å². The van der Waals surface area contributed by atoms with Gasteiger partial charge in [-0.05, 0) is 49.9 Å². The second kappa shape index (κ2) is 6.80. The zero-order valence-electron chi connectivity index (χ0n) is 11.5. The van der Waals surface area contributed by atoms with E-state index in [2.05, 4.69) is 47.2 Å². The highest BCUT2D eigenvalue weighted by Crippen LogP contribution is 2.28. The molecule has 1 aliphatic carbocycles. The molecule has 0 spiro atoms. The molecule has 1 amide bonds. The van der Waals surface area contributed by atoms with Gasteiger partial charge >= 0.3 is 0 Å². The number of benzene rings is 1. The van der Waals surface area contributed by atoms with Gasteiger partial charge in [0.25, 0.3) is 0 Å². The van der Waals surface area contributed by atoms with E-state index < -0.39 is 0 Å². The van der Waals surface area contributed by atoms with Gasteiger partial charge in [-0.25, -0.2) is 0 Å². The van der Waals surface area contributed by atoms with Crippen molar-refractivity contribution in [1.29, 1.82) is 0 Å². The molecule has 0 radical (unpaired) electrons. The van der Waals surface area contributed by atoms with Gasteiger partial charge in [0.05, 0.1) is 5.75 Å². The molecule has 1 aromatic carbocycles. The van der Waals surface area contributed by atoms with Crippen LogP contribution in [-0.4, -0.2) is 17.7 Å². The molecule has 4 heteroatoms. The van der Waals surface area contributed by atoms with E-state index in [1.54, 1.807) is 11.8 Å². The van der Waals surface area contributed by atoms with Gasteiger partial charge in [-0.2, -0.15) is 0 Å². The predicted molar refractivity (Wildman–Crippen MR) is 84.7 cm³/mol. The van der Waals surface area contributed by atoms with Crippen molar-refractivity contribution in [3.05, 3.63) is 27.7 Å². The fourth-order valence-electron chi connectivity index (χ4n) is 2.39. The number of hydrogen-bond acceptors (Lipinski definition) is 2. The zero-order valence-corrected chi connectivity index (χ0v) is 13.9. The van der Waals surface area contributed by atoms with Gasteiger partial charge < -0.3 is 5.32 Å². The fraction of sp³-hybridized carbons (Fsp3) is 0.533. The minimum absolute atomic E-state index is 0.164. The maximum atomic E-state index is 11.9. The Morgan fingerprint density at radius 1 is 1.32 bits per heavy atom. The second-order valence-electron chi connectivity index (χ2n) is 5.20. The van der Waals surface area contributed by atoms with E-state index in [9.17, 15) is 4.79 Å². The number of aryl methyl sites for hydroxylation is 2. The first kappa shape index (κ1) is 14.9. The van der Waals surface area contributed by atoms with Crippen molar-refractivity contribution in [3.63, 3.8) is 0 Å². The third kappa shape index (κ3) is 4.25. The summed E-state index contributed by atoms with van der Waals surface area (Å²) in [5.74, 6) is 0.676. The molecule has 0 aliphatic heterocycles. The Morgan fingerprint density at radius 3 is 2.68 bits per heavy atom. The quantitative estimate of drug-likeness (QED) is 0.830. The van der Waals surface area contributed by atoms with Crippen molar-refractivity contribution >= 4 is 33.6 Å². The molecule has 2 rings (SSSR count). The van der Waals surface area contributed by atoms with Crippen molar-refractivity contribution in [3.8, 4) is 0 Å². The van der Waals surface area contributed by atoms with Gasteiger partial charge in [0.1, 0.15) is 0 Å². The maximum absolute atomic E-state index is 11.9. The molecule has 0 unspecified atom stereocenters. The number of nitrogens with one attached hydrogen (secondary N) is 1. The fourth-order valence-corrected chi connectivity index (χ4v) is 3.77. The number of amides is 1. The number of rotatable bonds is 4. The molecule has 1 saturated carbocycles. The van der Waals surface area contributed by atoms with Crippen LogP contribution in [0.3, 0.4) is 0 Å². The Kier molecular flexibility index (Phi) is 5.34. The SMILES string of the molecule is Cc1cc(SCC(=O)NC2CCCC2)c(C)cc1Br. The lowest BCUT2D eigenvalue weighted by atomic mass is 10.2. The summed E-state index contributed by atoms with van der Waals surface area (Å²) in [6.07, 6.45) is 4.80. The third-order valence-electron chi connectivity index (χ3n) is 3.54. The molecule has 0 saturated heterocycles. The van der Waals surface area contributed by atoms with Crippen LogP contribution in [0.4, 0.5) is 0 Å². The molecular weight excluding hydrogens is 322 g/mol. The van der Waals surface area contributed by atoms with E-state index in [1.165, 1.54) is 28.9 Å². The van der Waals surface area contributed by atoms with Crippen LogP contribution in [0.15, 0.2) is 21.5 Å². The van der Waals surface area contributed by atoms with Gasteiger partial charge in [-0.1, -0.05) is 28.8 Å². The van der Waals surface area contributed by atoms with E-state index in [-0.39, 0.29) is 5.91 Å². The molecule has 1 fully saturated rings. The summed E-state index contributed by atoms with van der Waals surface area (Å²) < 4.78 is 1.13. The van der Waals surface area contributed by atoms with Gasteiger partial charge in [0.2, 0.25) is 5.91 Å². The summed E-state index contributed by atoms with van der Waals surface area (Å²) >= 11 is 5.16. The van der Waals surface area contributed by atoms with Crippen molar-refractivity contribution in [2.24, 2.45) is 0 Å². The highest BCUT2D eigenvalue weighted by Gasteiger charge is 2.17. The lowest BCUT2D eigenvalue weighted by molar-refractivity contribution is -0.119. The van der Waals surface area contributed by atoms with Crippen LogP contribution in [0.5, 0.6) is 0 Å². The summed E-state index contributed by atoms with van der Waals surface area (Å²) in [6.45, 7) is 4.16. The molecule has 0 bridgehead atoms. The zero-order chi connectivity index (χ0) is 13.8. The molecule has 0 heterocycles. The normalized spacial score (nSPS) is 15.7. The minimum Gasteiger partial charge on any atom is -0.353 e. The summed E-state index contributed by atoms with van der Waals surface area (Å²) in [5.41, 5.74) is 2.43. The molecule has 1 N–H and O–H groups in total. The lowest BCUT2D eigenvalue weighted by Crippen LogP contribution is -2.33. The van der Waals surface area contributed by atoms with E-state index in [0.29, 0.717) is 11.8 Å². The topological polar surface area (TPSA) is 29.1 Å². The van der Waals surface area contributed by atoms with E-state index >= 15 is 0 Å². The average Bonchev–Trinajstić information content (AvgIpc) is 2.85. The first-order chi connectivity index (χ1) is 9.06. The monoisotopic (exact) mass is 341 g/mol. The highest BCUT2D eigenvalue weighted by atomic mass is 79.9. The lowest BCUT2D eigenvalue weighted by Gasteiger charge is -2.12. The third-order valence-corrected chi connectivity index (χ3v) is 5.55. The maximum Gasteiger partial charge on any atom is 0.230 e. The Balaban J connectivity index is 1.87. The van der Waals surface area contributed by atoms with E-state index in [1.807, 2.05) is 0 Å². The number of hydrogen-bond donors (Lipinski definition) is 1. The highest BCUT2D eigenvalue weighted by molar-refractivity contribution is 9.10. The van der Waals surface area contributed by atoms with E-state index in [0.717, 1.165) is 17.3 Å². The molecule has 1 aromatic rings. The summed E-state index contributed by atoms with van der Waals surface area (Å²) in [7, 11) is 0. The Bertz CT molecular complexity index is 469. The second-order valence-corrected chi connectivity index (χ2v) is 7.08. The molecule has 19 heavy (non-hydrogen) atoms. The van der Waals surface area contributed by atoms with Crippen LogP contribution in [0.25, 0.3) is 0 Å². The van der Waals surface area contributed by atoms with Crippen LogP contribution in [0.2, 0.25) is 0 Å². The minimum atomic E-state index is 0.164. The number of carbonyl (C=O) groups is 1. The Hall–Kier alpha value is -0.480. The van der Waals surface area contributed by atoms with Crippen molar-refractivity contribution in [2.75, 3.05) is 5.75 Å². The number of thioether (sulfide) groups is 1. The van der Waals surface area contributed by atoms with Crippen LogP contribution < -0.4 is 5.32 Å². The summed E-state index contributed by atoms with van der Waals surface area (Å²) in [6, 6.07) is 4.68. The van der Waals surface area contributed by atoms with Gasteiger partial charge in [-0.15, -0.1) is 11.8 Å². The molecular formula is C15H20BrNOS. The van der Waals surface area contributed by atoms with E-state index in [4.69, 9.17) is 0 Å². The van der Waals surface area contributed by atoms with Crippen LogP contribution in [0, 0.1) is 13.8 Å². The van der Waals surface area contributed by atoms with Gasteiger partial charge in [0.15, 0.2) is 0 Å². The molecule has 0 atom stereocenters. The number of carbonyl (C=O) groups excluding carboxylic acids is 1. The molecule has 0 aromatic heterocycles. The standard InChI is InChI=1S/C15H20BrNOS/c1-10-8-14(11(2)7-13(10)16)19-9-15(18)17-12-5-3-4-6-12/h7-8,12H,3-6,9H2,1-2H3,(H,17,18). The molecule has 2 nitrogen and oxygen atoms in total. The summed E-state index contributed by atoms with van der Waals surface area (Å²) in [4.78, 5) is 13.1. The first-order valence-electron chi connectivity index (χ1n) is 6.75. The van der Waals surface area contributed by atoms with Crippen LogP contribution in [0.1, 0.15) is 36.8 Å². The van der Waals surface area contributed by atoms with Crippen LogP contribution in [-0.2, 0) is 4.79 Å². The first-order valence-corrected chi connectivity index (χ1v) is 8.53. The molecule has 104 valence electrons. The average molecular weight is 342 g/mol. The Morgan fingerprint density at radius 2 is 2.00 bits per heavy atom. The van der Waals surface area contributed by atoms with Crippen molar-refractivity contribution in [2.45, 2.75) is 50.5 Å². The van der Waals surface area contributed by atoms with Crippen molar-refractivity contribution < 1.29 is 4.79 Å². The van der Waals surface area contributed by atoms with Gasteiger partial charge in [0, 0.05) is 15.4 Å². The summed E-state index contributed by atoms with van der Waals surface area (Å²) in [5, 5.41) is 3.13. The van der Waals surface area contributed by atoms with Gasteiger partial charge in [-0.3, -0.25) is 4.79 Å². The smallest absolute Gasteiger partial charge is 0.230 e. The largest absolute Gasteiger partial charge is 0.353 e. The molecule has 1 aliphatic rings. The van der Waals surface area contributed by atoms with Crippen molar-refractivity contribution in [1.82, 2.24) is 5.32 Å². The van der Waals surface area contributed by atoms with Crippen LogP contribution >= 0.6 is 27.7 Å². The number of halogens is 1.